The summed E-state index contributed by atoms with van der Waals surface area (Å²) in [5.74, 6) is 0.170. The summed E-state index contributed by atoms with van der Waals surface area (Å²) in [4.78, 5) is 12.2. The number of carbonyl (C=O) groups excluding carboxylic acids is 1. The Morgan fingerprint density at radius 1 is 1.10 bits per heavy atom. The molecule has 0 unspecified atom stereocenters. The summed E-state index contributed by atoms with van der Waals surface area (Å²) in [6, 6.07) is 14.3. The lowest BCUT2D eigenvalue weighted by Crippen LogP contribution is -2.13. The van der Waals surface area contributed by atoms with E-state index in [0.717, 1.165) is 5.39 Å². The van der Waals surface area contributed by atoms with Crippen molar-refractivity contribution in [3.05, 3.63) is 64.3 Å². The van der Waals surface area contributed by atoms with E-state index < -0.39 is 0 Å². The molecule has 3 nitrogen and oxygen atoms in total. The zero-order chi connectivity index (χ0) is 14.8. The molecule has 5 heteroatoms. The molecule has 2 aromatic carbocycles. The van der Waals surface area contributed by atoms with Crippen LogP contribution in [0.25, 0.3) is 11.0 Å². The summed E-state index contributed by atoms with van der Waals surface area (Å²) >= 11 is 11.9. The number of nitrogens with one attached hydrogen (secondary N) is 1. The second kappa shape index (κ2) is 5.80. The Morgan fingerprint density at radius 3 is 2.71 bits per heavy atom. The van der Waals surface area contributed by atoms with Gasteiger partial charge in [0.2, 0.25) is 5.78 Å². The fraction of sp³-hybridized carbons (Fsp3) is 0.0625. The number of fused-ring (bicyclic) bond motifs is 1. The summed E-state index contributed by atoms with van der Waals surface area (Å²) in [5, 5.41) is 4.94. The van der Waals surface area contributed by atoms with E-state index in [4.69, 9.17) is 27.6 Å². The zero-order valence-corrected chi connectivity index (χ0v) is 12.4. The van der Waals surface area contributed by atoms with Crippen molar-refractivity contribution in [2.75, 3.05) is 11.9 Å². The van der Waals surface area contributed by atoms with Crippen molar-refractivity contribution < 1.29 is 9.21 Å². The summed E-state index contributed by atoms with van der Waals surface area (Å²) in [6.07, 6.45) is 0. The normalized spacial score (nSPS) is 10.8. The second-order valence-corrected chi connectivity index (χ2v) is 5.39. The van der Waals surface area contributed by atoms with Gasteiger partial charge in [-0.3, -0.25) is 4.79 Å². The molecule has 0 saturated carbocycles. The molecule has 106 valence electrons. The van der Waals surface area contributed by atoms with E-state index in [1.54, 1.807) is 24.3 Å². The van der Waals surface area contributed by atoms with E-state index in [1.165, 1.54) is 0 Å². The van der Waals surface area contributed by atoms with E-state index in [9.17, 15) is 4.79 Å². The molecule has 0 fully saturated rings. The largest absolute Gasteiger partial charge is 0.453 e. The summed E-state index contributed by atoms with van der Waals surface area (Å²) in [6.45, 7) is 0.0832. The first-order chi connectivity index (χ1) is 10.1. The van der Waals surface area contributed by atoms with Crippen LogP contribution in [0.5, 0.6) is 0 Å². The van der Waals surface area contributed by atoms with Crippen molar-refractivity contribution in [2.24, 2.45) is 0 Å². The predicted molar refractivity (Wildman–Crippen MR) is 85.5 cm³/mol. The maximum atomic E-state index is 12.2. The Labute approximate surface area is 131 Å². The van der Waals surface area contributed by atoms with Crippen LogP contribution < -0.4 is 5.32 Å². The minimum atomic E-state index is -0.151. The molecular formula is C16H11Cl2NO2. The number of hydrogen-bond acceptors (Lipinski definition) is 3. The van der Waals surface area contributed by atoms with Gasteiger partial charge in [-0.05, 0) is 30.3 Å². The third-order valence-corrected chi connectivity index (χ3v) is 3.63. The minimum absolute atomic E-state index is 0.0832. The van der Waals surface area contributed by atoms with Gasteiger partial charge in [-0.2, -0.15) is 0 Å². The van der Waals surface area contributed by atoms with Gasteiger partial charge in [-0.1, -0.05) is 41.4 Å². The number of furan rings is 1. The highest BCUT2D eigenvalue weighted by molar-refractivity contribution is 6.35. The first-order valence-electron chi connectivity index (χ1n) is 6.34. The molecule has 21 heavy (non-hydrogen) atoms. The average Bonchev–Trinajstić information content (AvgIpc) is 2.92. The van der Waals surface area contributed by atoms with Crippen LogP contribution in [-0.2, 0) is 0 Å². The van der Waals surface area contributed by atoms with E-state index >= 15 is 0 Å². The van der Waals surface area contributed by atoms with E-state index in [1.807, 2.05) is 24.3 Å². The summed E-state index contributed by atoms with van der Waals surface area (Å²) in [7, 11) is 0. The quantitative estimate of drug-likeness (QED) is 0.685. The molecule has 0 aliphatic rings. The van der Waals surface area contributed by atoms with Crippen molar-refractivity contribution in [3.63, 3.8) is 0 Å². The number of ketones is 1. The standard InChI is InChI=1S/C16H11Cl2NO2/c17-11-5-6-12(18)13(8-11)19-9-14(20)16-7-10-3-1-2-4-15(10)21-16/h1-8,19H,9H2. The lowest BCUT2D eigenvalue weighted by molar-refractivity contribution is 0.0982. The molecule has 0 saturated heterocycles. The van der Waals surface area contributed by atoms with Gasteiger partial charge < -0.3 is 9.73 Å². The summed E-state index contributed by atoms with van der Waals surface area (Å²) < 4.78 is 5.52. The first-order valence-corrected chi connectivity index (χ1v) is 7.10. The molecule has 1 N–H and O–H groups in total. The topological polar surface area (TPSA) is 42.2 Å². The lowest BCUT2D eigenvalue weighted by atomic mass is 10.2. The van der Waals surface area contributed by atoms with Crippen LogP contribution in [0.1, 0.15) is 10.6 Å². The Balaban J connectivity index is 1.75. The molecule has 0 bridgehead atoms. The number of benzene rings is 2. The number of para-hydroxylation sites is 1. The zero-order valence-electron chi connectivity index (χ0n) is 10.9. The highest BCUT2D eigenvalue weighted by Gasteiger charge is 2.12. The van der Waals surface area contributed by atoms with Crippen LogP contribution in [-0.4, -0.2) is 12.3 Å². The third-order valence-electron chi connectivity index (χ3n) is 3.07. The molecule has 3 aromatic rings. The smallest absolute Gasteiger partial charge is 0.216 e. The summed E-state index contributed by atoms with van der Waals surface area (Å²) in [5.41, 5.74) is 1.32. The van der Waals surface area contributed by atoms with Crippen molar-refractivity contribution in [3.8, 4) is 0 Å². The van der Waals surface area contributed by atoms with Gasteiger partial charge in [-0.15, -0.1) is 0 Å². The van der Waals surface area contributed by atoms with Gasteiger partial charge in [-0.25, -0.2) is 0 Å². The number of halogens is 2. The van der Waals surface area contributed by atoms with Gasteiger partial charge in [0.25, 0.3) is 0 Å². The molecule has 1 heterocycles. The van der Waals surface area contributed by atoms with Crippen molar-refractivity contribution in [1.82, 2.24) is 0 Å². The minimum Gasteiger partial charge on any atom is -0.453 e. The molecule has 0 aliphatic carbocycles. The highest BCUT2D eigenvalue weighted by atomic mass is 35.5. The highest BCUT2D eigenvalue weighted by Crippen LogP contribution is 2.25. The number of rotatable bonds is 4. The van der Waals surface area contributed by atoms with E-state index in [2.05, 4.69) is 5.32 Å². The van der Waals surface area contributed by atoms with Crippen LogP contribution in [0.2, 0.25) is 10.0 Å². The Bertz CT molecular complexity index is 778. The molecule has 0 atom stereocenters. The maximum absolute atomic E-state index is 12.2. The Hall–Kier alpha value is -1.97. The SMILES string of the molecule is O=C(CNc1cc(Cl)ccc1Cl)c1cc2ccccc2o1. The van der Waals surface area contributed by atoms with Crippen LogP contribution in [0.15, 0.2) is 52.9 Å². The maximum Gasteiger partial charge on any atom is 0.216 e. The molecule has 0 aliphatic heterocycles. The molecule has 0 amide bonds. The number of carbonyl (C=O) groups is 1. The van der Waals surface area contributed by atoms with Crippen LogP contribution in [0.4, 0.5) is 5.69 Å². The fourth-order valence-electron chi connectivity index (χ4n) is 2.01. The van der Waals surface area contributed by atoms with Crippen LogP contribution in [0.3, 0.4) is 0 Å². The Kier molecular flexibility index (Phi) is 3.86. The van der Waals surface area contributed by atoms with Crippen molar-refractivity contribution in [2.45, 2.75) is 0 Å². The van der Waals surface area contributed by atoms with E-state index in [-0.39, 0.29) is 12.3 Å². The molecule has 0 radical (unpaired) electrons. The van der Waals surface area contributed by atoms with Crippen molar-refractivity contribution in [1.29, 1.82) is 0 Å². The predicted octanol–water partition coefficient (Wildman–Crippen LogP) is 5.03. The molecule has 0 spiro atoms. The molecule has 1 aromatic heterocycles. The van der Waals surface area contributed by atoms with Gasteiger partial charge in [0.05, 0.1) is 17.3 Å². The van der Waals surface area contributed by atoms with Crippen LogP contribution >= 0.6 is 23.2 Å². The van der Waals surface area contributed by atoms with Gasteiger partial charge >= 0.3 is 0 Å². The monoisotopic (exact) mass is 319 g/mol. The molecule has 3 rings (SSSR count). The Morgan fingerprint density at radius 2 is 1.90 bits per heavy atom. The number of Topliss-reactive ketones (excluding diaryl/α,β-unsaturated/α-hetero) is 1. The van der Waals surface area contributed by atoms with Gasteiger partial charge in [0.1, 0.15) is 5.58 Å². The van der Waals surface area contributed by atoms with Crippen molar-refractivity contribution >= 4 is 45.6 Å². The van der Waals surface area contributed by atoms with Crippen LogP contribution in [0, 0.1) is 0 Å². The second-order valence-electron chi connectivity index (χ2n) is 4.55. The van der Waals surface area contributed by atoms with Gasteiger partial charge in [0, 0.05) is 10.4 Å². The van der Waals surface area contributed by atoms with E-state index in [0.29, 0.717) is 27.1 Å². The number of anilines is 1. The third kappa shape index (κ3) is 3.04. The first kappa shape index (κ1) is 14.0. The number of hydrogen-bond donors (Lipinski definition) is 1. The van der Waals surface area contributed by atoms with Gasteiger partial charge in [0.15, 0.2) is 5.76 Å². The average molecular weight is 320 g/mol. The fourth-order valence-corrected chi connectivity index (χ4v) is 2.37. The lowest BCUT2D eigenvalue weighted by Gasteiger charge is -2.07. The molecular weight excluding hydrogens is 309 g/mol.